The summed E-state index contributed by atoms with van der Waals surface area (Å²) in [6.45, 7) is 5.51. The Morgan fingerprint density at radius 2 is 2.00 bits per heavy atom. The van der Waals surface area contributed by atoms with E-state index in [4.69, 9.17) is 4.74 Å². The van der Waals surface area contributed by atoms with Gasteiger partial charge in [-0.2, -0.15) is 0 Å². The number of rotatable bonds is 2. The fraction of sp³-hybridized carbons (Fsp3) is 0.923. The minimum Gasteiger partial charge on any atom is -0.461 e. The van der Waals surface area contributed by atoms with Crippen molar-refractivity contribution in [2.45, 2.75) is 58.1 Å². The van der Waals surface area contributed by atoms with E-state index in [9.17, 15) is 4.79 Å². The Kier molecular flexibility index (Phi) is 3.85. The smallest absolute Gasteiger partial charge is 0.323 e. The van der Waals surface area contributed by atoms with Crippen LogP contribution < -0.4 is 5.32 Å². The molecule has 2 fully saturated rings. The molecular weight excluding hydrogens is 202 g/mol. The van der Waals surface area contributed by atoms with Crippen molar-refractivity contribution in [3.8, 4) is 0 Å². The highest BCUT2D eigenvalue weighted by Gasteiger charge is 2.30. The number of nitrogens with one attached hydrogen (secondary N) is 1. The van der Waals surface area contributed by atoms with Crippen molar-refractivity contribution >= 4 is 5.97 Å². The van der Waals surface area contributed by atoms with E-state index < -0.39 is 0 Å². The van der Waals surface area contributed by atoms with E-state index in [0.29, 0.717) is 5.92 Å². The second-order valence-electron chi connectivity index (χ2n) is 5.48. The van der Waals surface area contributed by atoms with Crippen molar-refractivity contribution in [1.82, 2.24) is 5.32 Å². The van der Waals surface area contributed by atoms with E-state index in [1.807, 2.05) is 0 Å². The Morgan fingerprint density at radius 3 is 2.62 bits per heavy atom. The largest absolute Gasteiger partial charge is 0.461 e. The molecule has 0 aromatic rings. The monoisotopic (exact) mass is 225 g/mol. The van der Waals surface area contributed by atoms with Crippen LogP contribution in [0.5, 0.6) is 0 Å². The van der Waals surface area contributed by atoms with Crippen LogP contribution in [-0.4, -0.2) is 24.7 Å². The molecule has 0 aromatic heterocycles. The van der Waals surface area contributed by atoms with Crippen LogP contribution in [-0.2, 0) is 9.53 Å². The van der Waals surface area contributed by atoms with Gasteiger partial charge in [0.05, 0.1) is 0 Å². The molecule has 92 valence electrons. The molecule has 0 bridgehead atoms. The first kappa shape index (κ1) is 11.9. The Labute approximate surface area is 97.9 Å². The lowest BCUT2D eigenvalue weighted by molar-refractivity contribution is -0.154. The molecule has 16 heavy (non-hydrogen) atoms. The Morgan fingerprint density at radius 1 is 1.19 bits per heavy atom. The lowest BCUT2D eigenvalue weighted by Crippen LogP contribution is -2.37. The van der Waals surface area contributed by atoms with Crippen molar-refractivity contribution < 1.29 is 9.53 Å². The van der Waals surface area contributed by atoms with Gasteiger partial charge in [0, 0.05) is 0 Å². The summed E-state index contributed by atoms with van der Waals surface area (Å²) in [5.74, 6) is 1.44. The van der Waals surface area contributed by atoms with E-state index in [0.717, 1.165) is 38.1 Å². The summed E-state index contributed by atoms with van der Waals surface area (Å²) in [6.07, 6.45) is 5.48. The van der Waals surface area contributed by atoms with Gasteiger partial charge in [0.15, 0.2) is 0 Å². The average Bonchev–Trinajstić information content (AvgIpc) is 2.77. The molecule has 1 aliphatic carbocycles. The predicted molar refractivity (Wildman–Crippen MR) is 63.1 cm³/mol. The van der Waals surface area contributed by atoms with E-state index in [2.05, 4.69) is 19.2 Å². The summed E-state index contributed by atoms with van der Waals surface area (Å²) in [6, 6.07) is -0.0327. The van der Waals surface area contributed by atoms with Gasteiger partial charge in [0.25, 0.3) is 0 Å². The summed E-state index contributed by atoms with van der Waals surface area (Å²) >= 11 is 0. The molecule has 0 aromatic carbocycles. The van der Waals surface area contributed by atoms with Gasteiger partial charge in [0.2, 0.25) is 0 Å². The summed E-state index contributed by atoms with van der Waals surface area (Å²) < 4.78 is 5.59. The van der Waals surface area contributed by atoms with Gasteiger partial charge in [-0.1, -0.05) is 13.8 Å². The van der Waals surface area contributed by atoms with Crippen LogP contribution in [0.3, 0.4) is 0 Å². The first-order valence-corrected chi connectivity index (χ1v) is 6.60. The van der Waals surface area contributed by atoms with E-state index in [-0.39, 0.29) is 18.1 Å². The van der Waals surface area contributed by atoms with Gasteiger partial charge in [-0.3, -0.25) is 4.79 Å². The maximum absolute atomic E-state index is 11.8. The second kappa shape index (κ2) is 5.17. The molecule has 3 unspecified atom stereocenters. The van der Waals surface area contributed by atoms with Crippen molar-refractivity contribution in [2.75, 3.05) is 6.54 Å². The molecule has 1 saturated heterocycles. The minimum atomic E-state index is -0.0327. The SMILES string of the molecule is CC1CCC(OC(=O)[C@@H]2CCCN2)CC1C. The van der Waals surface area contributed by atoms with Crippen LogP contribution in [0.1, 0.15) is 46.0 Å². The quantitative estimate of drug-likeness (QED) is 0.731. The van der Waals surface area contributed by atoms with Crippen molar-refractivity contribution in [3.63, 3.8) is 0 Å². The third kappa shape index (κ3) is 2.76. The molecule has 1 heterocycles. The highest BCUT2D eigenvalue weighted by atomic mass is 16.5. The molecule has 2 aliphatic rings. The minimum absolute atomic E-state index is 0.0238. The number of carbonyl (C=O) groups excluding carboxylic acids is 1. The first-order chi connectivity index (χ1) is 7.66. The van der Waals surface area contributed by atoms with Crippen molar-refractivity contribution in [3.05, 3.63) is 0 Å². The number of ether oxygens (including phenoxy) is 1. The third-order valence-electron chi connectivity index (χ3n) is 4.18. The average molecular weight is 225 g/mol. The molecule has 1 aliphatic heterocycles. The Hall–Kier alpha value is -0.570. The molecule has 0 spiro atoms. The summed E-state index contributed by atoms with van der Waals surface area (Å²) in [4.78, 5) is 11.8. The van der Waals surface area contributed by atoms with Crippen LogP contribution in [0.25, 0.3) is 0 Å². The normalized spacial score (nSPS) is 39.6. The van der Waals surface area contributed by atoms with E-state index in [1.165, 1.54) is 6.42 Å². The third-order valence-corrected chi connectivity index (χ3v) is 4.18. The Balaban J connectivity index is 1.78. The van der Waals surface area contributed by atoms with Crippen LogP contribution in [0.2, 0.25) is 0 Å². The summed E-state index contributed by atoms with van der Waals surface area (Å²) in [5, 5.41) is 3.19. The highest BCUT2D eigenvalue weighted by molar-refractivity contribution is 5.76. The molecule has 1 saturated carbocycles. The van der Waals surface area contributed by atoms with Gasteiger partial charge in [-0.25, -0.2) is 0 Å². The van der Waals surface area contributed by atoms with Crippen molar-refractivity contribution in [1.29, 1.82) is 0 Å². The molecular formula is C13H23NO2. The van der Waals surface area contributed by atoms with Crippen LogP contribution in [0, 0.1) is 11.8 Å². The molecule has 4 atom stereocenters. The highest BCUT2D eigenvalue weighted by Crippen LogP contribution is 2.31. The van der Waals surface area contributed by atoms with Gasteiger partial charge < -0.3 is 10.1 Å². The maximum atomic E-state index is 11.8. The number of hydrogen-bond donors (Lipinski definition) is 1. The molecule has 2 rings (SSSR count). The lowest BCUT2D eigenvalue weighted by Gasteiger charge is -2.32. The number of hydrogen-bond acceptors (Lipinski definition) is 3. The van der Waals surface area contributed by atoms with E-state index >= 15 is 0 Å². The van der Waals surface area contributed by atoms with Gasteiger partial charge >= 0.3 is 5.97 Å². The van der Waals surface area contributed by atoms with Gasteiger partial charge in [-0.15, -0.1) is 0 Å². The zero-order valence-electron chi connectivity index (χ0n) is 10.4. The molecule has 3 nitrogen and oxygen atoms in total. The zero-order chi connectivity index (χ0) is 11.5. The second-order valence-corrected chi connectivity index (χ2v) is 5.48. The van der Waals surface area contributed by atoms with Crippen LogP contribution in [0.4, 0.5) is 0 Å². The molecule has 3 heteroatoms. The zero-order valence-corrected chi connectivity index (χ0v) is 10.4. The molecule has 1 N–H and O–H groups in total. The fourth-order valence-corrected chi connectivity index (χ4v) is 2.74. The molecule has 0 amide bonds. The topological polar surface area (TPSA) is 38.3 Å². The predicted octanol–water partition coefficient (Wildman–Crippen LogP) is 2.11. The van der Waals surface area contributed by atoms with E-state index in [1.54, 1.807) is 0 Å². The van der Waals surface area contributed by atoms with Crippen molar-refractivity contribution in [2.24, 2.45) is 11.8 Å². The van der Waals surface area contributed by atoms with Crippen LogP contribution in [0.15, 0.2) is 0 Å². The van der Waals surface area contributed by atoms with Crippen LogP contribution >= 0.6 is 0 Å². The standard InChI is InChI=1S/C13H23NO2/c1-9-5-6-11(8-10(9)2)16-13(15)12-4-3-7-14-12/h9-12,14H,3-8H2,1-2H3/t9?,10?,11?,12-/m0/s1. The molecule has 0 radical (unpaired) electrons. The summed E-state index contributed by atoms with van der Waals surface area (Å²) in [7, 11) is 0. The maximum Gasteiger partial charge on any atom is 0.323 e. The number of carbonyl (C=O) groups is 1. The Bertz CT molecular complexity index is 248. The van der Waals surface area contributed by atoms with Gasteiger partial charge in [0.1, 0.15) is 12.1 Å². The number of esters is 1. The fourth-order valence-electron chi connectivity index (χ4n) is 2.74. The van der Waals surface area contributed by atoms with Gasteiger partial charge in [-0.05, 0) is 50.5 Å². The lowest BCUT2D eigenvalue weighted by atomic mass is 9.80. The first-order valence-electron chi connectivity index (χ1n) is 6.60. The summed E-state index contributed by atoms with van der Waals surface area (Å²) in [5.41, 5.74) is 0.